The van der Waals surface area contributed by atoms with Crippen molar-refractivity contribution in [2.75, 3.05) is 0 Å². The third kappa shape index (κ3) is 2.56. The Kier molecular flexibility index (Phi) is 5.20. The summed E-state index contributed by atoms with van der Waals surface area (Å²) in [6.45, 7) is 16.2. The van der Waals surface area contributed by atoms with Crippen LogP contribution in [-0.4, -0.2) is 33.0 Å². The molecule has 5 aliphatic carbocycles. The van der Waals surface area contributed by atoms with E-state index in [1.807, 2.05) is 0 Å². The van der Waals surface area contributed by atoms with Crippen LogP contribution in [0.4, 0.5) is 0 Å². The van der Waals surface area contributed by atoms with Crippen molar-refractivity contribution in [3.63, 3.8) is 0 Å². The number of fused-ring (bicyclic) bond motifs is 7. The van der Waals surface area contributed by atoms with E-state index in [1.54, 1.807) is 0 Å². The van der Waals surface area contributed by atoms with Crippen LogP contribution in [0.3, 0.4) is 0 Å². The zero-order valence-corrected chi connectivity index (χ0v) is 22.6. The number of carbonyl (C=O) groups is 1. The molecule has 34 heavy (non-hydrogen) atoms. The maximum absolute atomic E-state index is 12.8. The van der Waals surface area contributed by atoms with Crippen molar-refractivity contribution >= 4 is 5.97 Å². The highest BCUT2D eigenvalue weighted by atomic mass is 16.4. The Balaban J connectivity index is 1.66. The molecule has 3 N–H and O–H groups in total. The van der Waals surface area contributed by atoms with Gasteiger partial charge in [0.15, 0.2) is 0 Å². The molecule has 4 fully saturated rings. The number of carboxylic acids is 1. The Morgan fingerprint density at radius 2 is 1.59 bits per heavy atom. The maximum Gasteiger partial charge on any atom is 0.312 e. The van der Waals surface area contributed by atoms with Crippen molar-refractivity contribution in [1.82, 2.24) is 0 Å². The van der Waals surface area contributed by atoms with Gasteiger partial charge in [0.2, 0.25) is 0 Å². The first kappa shape index (κ1) is 24.8. The van der Waals surface area contributed by atoms with Crippen LogP contribution in [0.15, 0.2) is 11.6 Å². The van der Waals surface area contributed by atoms with Crippen molar-refractivity contribution < 1.29 is 20.1 Å². The summed E-state index contributed by atoms with van der Waals surface area (Å²) in [6, 6.07) is 0. The topological polar surface area (TPSA) is 77.8 Å². The number of aliphatic hydroxyl groups is 2. The molecular formula is C30H48O4. The van der Waals surface area contributed by atoms with E-state index in [-0.39, 0.29) is 33.7 Å². The van der Waals surface area contributed by atoms with Crippen LogP contribution in [0.5, 0.6) is 0 Å². The standard InChI is InChI=1S/C30H48O4/c1-18-10-15-29(24(32)33)17-16-28(7)22(30(29,34)19(18)2)9-8-21-26(5)13-12-23(31)25(3,4)20(26)11-14-27(21,28)6/h9,18-21,23,31,34H,8,10-17H2,1-7H3,(H,32,33). The highest BCUT2D eigenvalue weighted by Gasteiger charge is 2.74. The van der Waals surface area contributed by atoms with Crippen molar-refractivity contribution in [2.24, 2.45) is 50.7 Å². The lowest BCUT2D eigenvalue weighted by atomic mass is 9.32. The summed E-state index contributed by atoms with van der Waals surface area (Å²) in [4.78, 5) is 12.8. The van der Waals surface area contributed by atoms with E-state index in [1.165, 1.54) is 0 Å². The van der Waals surface area contributed by atoms with Gasteiger partial charge >= 0.3 is 5.97 Å². The van der Waals surface area contributed by atoms with Crippen LogP contribution >= 0.6 is 0 Å². The first-order chi connectivity index (χ1) is 15.6. The first-order valence-corrected chi connectivity index (χ1v) is 14.0. The summed E-state index contributed by atoms with van der Waals surface area (Å²) in [6.07, 6.45) is 9.96. The third-order valence-corrected chi connectivity index (χ3v) is 13.6. The van der Waals surface area contributed by atoms with Crippen LogP contribution < -0.4 is 0 Å². The molecule has 0 bridgehead atoms. The second kappa shape index (κ2) is 7.12. The van der Waals surface area contributed by atoms with Crippen LogP contribution in [0.25, 0.3) is 0 Å². The van der Waals surface area contributed by atoms with Gasteiger partial charge in [-0.15, -0.1) is 0 Å². The number of hydrogen-bond donors (Lipinski definition) is 3. The van der Waals surface area contributed by atoms with Gasteiger partial charge < -0.3 is 15.3 Å². The molecular weight excluding hydrogens is 424 g/mol. The molecule has 4 nitrogen and oxygen atoms in total. The Hall–Kier alpha value is -0.870. The molecule has 0 spiro atoms. The molecule has 0 aromatic rings. The van der Waals surface area contributed by atoms with E-state index in [4.69, 9.17) is 0 Å². The van der Waals surface area contributed by atoms with Gasteiger partial charge in [-0.2, -0.15) is 0 Å². The first-order valence-electron chi connectivity index (χ1n) is 14.0. The Bertz CT molecular complexity index is 923. The smallest absolute Gasteiger partial charge is 0.312 e. The van der Waals surface area contributed by atoms with E-state index < -0.39 is 17.0 Å². The summed E-state index contributed by atoms with van der Waals surface area (Å²) in [5.41, 5.74) is -1.41. The van der Waals surface area contributed by atoms with Crippen LogP contribution in [0.1, 0.15) is 106 Å². The summed E-state index contributed by atoms with van der Waals surface area (Å²) in [5.74, 6) is 0.400. The summed E-state index contributed by atoms with van der Waals surface area (Å²) < 4.78 is 0. The van der Waals surface area contributed by atoms with E-state index in [9.17, 15) is 20.1 Å². The van der Waals surface area contributed by atoms with Gasteiger partial charge in [0.05, 0.1) is 6.10 Å². The van der Waals surface area contributed by atoms with Crippen molar-refractivity contribution in [3.8, 4) is 0 Å². The van der Waals surface area contributed by atoms with Crippen LogP contribution in [-0.2, 0) is 4.79 Å². The highest BCUT2D eigenvalue weighted by Crippen LogP contribution is 2.76. The fourth-order valence-electron chi connectivity index (χ4n) is 10.9. The summed E-state index contributed by atoms with van der Waals surface area (Å²) in [7, 11) is 0. The van der Waals surface area contributed by atoms with Gasteiger partial charge in [0, 0.05) is 0 Å². The quantitative estimate of drug-likeness (QED) is 0.397. The van der Waals surface area contributed by atoms with E-state index in [0.717, 1.165) is 50.5 Å². The lowest BCUT2D eigenvalue weighted by Crippen LogP contribution is -2.71. The molecule has 0 radical (unpaired) electrons. The molecule has 0 amide bonds. The Morgan fingerprint density at radius 1 is 0.912 bits per heavy atom. The zero-order valence-electron chi connectivity index (χ0n) is 22.6. The molecule has 5 rings (SSSR count). The number of aliphatic carboxylic acids is 1. The van der Waals surface area contributed by atoms with Gasteiger partial charge in [-0.25, -0.2) is 0 Å². The molecule has 0 heterocycles. The van der Waals surface area contributed by atoms with Gasteiger partial charge in [-0.1, -0.05) is 54.5 Å². The van der Waals surface area contributed by atoms with Gasteiger partial charge in [0.25, 0.3) is 0 Å². The van der Waals surface area contributed by atoms with Gasteiger partial charge in [-0.05, 0) is 109 Å². The van der Waals surface area contributed by atoms with Gasteiger partial charge in [0.1, 0.15) is 11.0 Å². The Morgan fingerprint density at radius 3 is 2.24 bits per heavy atom. The van der Waals surface area contributed by atoms with Crippen LogP contribution in [0.2, 0.25) is 0 Å². The SMILES string of the molecule is CC1CCC2(C(=O)O)CCC3(C)C(=CCC4C5(C)CCC(O)C(C)(C)C5CCC43C)C2(O)C1C. The zero-order chi connectivity index (χ0) is 25.1. The predicted molar refractivity (Wildman–Crippen MR) is 134 cm³/mol. The molecule has 4 saturated carbocycles. The number of aliphatic hydroxyl groups excluding tert-OH is 1. The minimum atomic E-state index is -1.28. The maximum atomic E-state index is 12.8. The van der Waals surface area contributed by atoms with E-state index >= 15 is 0 Å². The number of carboxylic acid groups (broad SMARTS) is 1. The summed E-state index contributed by atoms with van der Waals surface area (Å²) >= 11 is 0. The van der Waals surface area contributed by atoms with Crippen molar-refractivity contribution in [2.45, 2.75) is 118 Å². The fraction of sp³-hybridized carbons (Fsp3) is 0.900. The predicted octanol–water partition coefficient (Wildman–Crippen LogP) is 6.20. The molecule has 0 aromatic carbocycles. The number of hydrogen-bond acceptors (Lipinski definition) is 3. The lowest BCUT2D eigenvalue weighted by molar-refractivity contribution is -0.232. The monoisotopic (exact) mass is 472 g/mol. The second-order valence-electron chi connectivity index (χ2n) is 14.6. The number of allylic oxidation sites excluding steroid dienone is 1. The minimum Gasteiger partial charge on any atom is -0.481 e. The lowest BCUT2D eigenvalue weighted by Gasteiger charge is -2.72. The van der Waals surface area contributed by atoms with E-state index in [2.05, 4.69) is 54.5 Å². The number of rotatable bonds is 1. The van der Waals surface area contributed by atoms with Crippen molar-refractivity contribution in [1.29, 1.82) is 0 Å². The molecule has 192 valence electrons. The molecule has 5 aliphatic rings. The third-order valence-electron chi connectivity index (χ3n) is 13.6. The Labute approximate surface area is 206 Å². The highest BCUT2D eigenvalue weighted by molar-refractivity contribution is 5.78. The molecule has 4 heteroatoms. The molecule has 0 aromatic heterocycles. The molecule has 10 unspecified atom stereocenters. The minimum absolute atomic E-state index is 0.0154. The normalized spacial score (nSPS) is 56.3. The van der Waals surface area contributed by atoms with Crippen molar-refractivity contribution in [3.05, 3.63) is 11.6 Å². The van der Waals surface area contributed by atoms with E-state index in [0.29, 0.717) is 30.6 Å². The van der Waals surface area contributed by atoms with Gasteiger partial charge in [-0.3, -0.25) is 4.79 Å². The molecule has 10 atom stereocenters. The average Bonchev–Trinajstić information content (AvgIpc) is 2.75. The van der Waals surface area contributed by atoms with Crippen LogP contribution in [0, 0.1) is 50.7 Å². The average molecular weight is 473 g/mol. The fourth-order valence-corrected chi connectivity index (χ4v) is 10.9. The largest absolute Gasteiger partial charge is 0.481 e. The summed E-state index contributed by atoms with van der Waals surface area (Å²) in [5, 5.41) is 34.1. The molecule has 0 aliphatic heterocycles. The molecule has 0 saturated heterocycles. The second-order valence-corrected chi connectivity index (χ2v) is 14.6.